The van der Waals surface area contributed by atoms with Crippen molar-refractivity contribution in [2.45, 2.75) is 70.1 Å². The Balaban J connectivity index is 1.29. The van der Waals surface area contributed by atoms with Crippen LogP contribution in [0.2, 0.25) is 0 Å². The summed E-state index contributed by atoms with van der Waals surface area (Å²) in [4.78, 5) is 3.10. The topological polar surface area (TPSA) is 37.4 Å². The number of benzene rings is 3. The first kappa shape index (κ1) is 30.1. The van der Waals surface area contributed by atoms with Gasteiger partial charge in [-0.1, -0.05) is 137 Å². The Labute approximate surface area is 259 Å². The lowest BCUT2D eigenvalue weighted by molar-refractivity contribution is 0.129. The molecule has 1 aliphatic heterocycles. The first-order chi connectivity index (χ1) is 20.7. The summed E-state index contributed by atoms with van der Waals surface area (Å²) in [5.41, 5.74) is 3.34. The van der Waals surface area contributed by atoms with E-state index in [-0.39, 0.29) is 10.7 Å². The standard InChI is InChI=1S/C39H47NO2S/c1-38(2,3)29-31-21-22-37(28-32(31)27-30-19-20-30)43(41,42)36-23-25-40(26-24-36)39(33-13-7-4-8-14-33,34-15-9-5-10-16-34)35-17-11-6-12-18-35/h4-18,21-22,28,30-32,36H,19-20,23-27,29H2,1-3H3. The van der Waals surface area contributed by atoms with Crippen molar-refractivity contribution in [2.75, 3.05) is 13.1 Å². The smallest absolute Gasteiger partial charge is 0.181 e. The van der Waals surface area contributed by atoms with Crippen LogP contribution in [0.3, 0.4) is 0 Å². The van der Waals surface area contributed by atoms with Crippen LogP contribution in [0, 0.1) is 23.2 Å². The Hall–Kier alpha value is -2.95. The van der Waals surface area contributed by atoms with Crippen LogP contribution in [-0.2, 0) is 15.4 Å². The number of nitrogens with zero attached hydrogens (tertiary/aromatic N) is 1. The summed E-state index contributed by atoms with van der Waals surface area (Å²) in [5, 5.41) is -0.361. The molecule has 1 saturated carbocycles. The fraction of sp³-hybridized carbons (Fsp3) is 0.436. The van der Waals surface area contributed by atoms with Crippen molar-refractivity contribution >= 4 is 9.84 Å². The van der Waals surface area contributed by atoms with E-state index in [0.29, 0.717) is 42.7 Å². The van der Waals surface area contributed by atoms with Gasteiger partial charge in [0.2, 0.25) is 0 Å². The van der Waals surface area contributed by atoms with Crippen LogP contribution < -0.4 is 0 Å². The maximum absolute atomic E-state index is 14.2. The summed E-state index contributed by atoms with van der Waals surface area (Å²) in [6, 6.07) is 32.2. The third kappa shape index (κ3) is 6.33. The van der Waals surface area contributed by atoms with Gasteiger partial charge in [-0.3, -0.25) is 4.90 Å². The molecule has 1 saturated heterocycles. The lowest BCUT2D eigenvalue weighted by atomic mass is 9.75. The Kier molecular flexibility index (Phi) is 8.54. The van der Waals surface area contributed by atoms with Crippen molar-refractivity contribution in [2.24, 2.45) is 23.2 Å². The van der Waals surface area contributed by atoms with Gasteiger partial charge in [0, 0.05) is 13.1 Å². The Morgan fingerprint density at radius 3 is 1.63 bits per heavy atom. The molecule has 3 aliphatic rings. The van der Waals surface area contributed by atoms with Gasteiger partial charge in [-0.25, -0.2) is 8.42 Å². The van der Waals surface area contributed by atoms with Gasteiger partial charge in [0.05, 0.1) is 15.7 Å². The van der Waals surface area contributed by atoms with Crippen LogP contribution in [-0.4, -0.2) is 31.7 Å². The molecular formula is C39H47NO2S. The number of sulfone groups is 1. The number of allylic oxidation sites excluding steroid dienone is 3. The normalized spacial score (nSPS) is 22.3. The van der Waals surface area contributed by atoms with E-state index >= 15 is 0 Å². The number of rotatable bonds is 9. The van der Waals surface area contributed by atoms with Crippen molar-refractivity contribution in [3.8, 4) is 0 Å². The molecule has 6 rings (SSSR count). The molecule has 0 N–H and O–H groups in total. The molecule has 43 heavy (non-hydrogen) atoms. The van der Waals surface area contributed by atoms with E-state index in [1.54, 1.807) is 0 Å². The zero-order valence-corrected chi connectivity index (χ0v) is 26.8. The predicted octanol–water partition coefficient (Wildman–Crippen LogP) is 8.78. The van der Waals surface area contributed by atoms with E-state index in [0.717, 1.165) is 18.8 Å². The highest BCUT2D eigenvalue weighted by atomic mass is 32.2. The molecule has 0 aromatic heterocycles. The van der Waals surface area contributed by atoms with Crippen molar-refractivity contribution in [1.29, 1.82) is 0 Å². The SMILES string of the molecule is CC(C)(C)CC1C=CC(S(=O)(=O)C2CCN(C(c3ccccc3)(c3ccccc3)c3ccccc3)CC2)=CC1CC1CC1. The highest BCUT2D eigenvalue weighted by molar-refractivity contribution is 7.96. The van der Waals surface area contributed by atoms with Gasteiger partial charge in [-0.05, 0) is 71.6 Å². The van der Waals surface area contributed by atoms with Crippen molar-refractivity contribution < 1.29 is 8.42 Å². The monoisotopic (exact) mass is 593 g/mol. The number of hydrogen-bond acceptors (Lipinski definition) is 3. The summed E-state index contributed by atoms with van der Waals surface area (Å²) in [6.07, 6.45) is 12.4. The first-order valence-electron chi connectivity index (χ1n) is 16.2. The van der Waals surface area contributed by atoms with E-state index in [4.69, 9.17) is 0 Å². The molecule has 1 heterocycles. The molecule has 3 aromatic rings. The Bertz CT molecular complexity index is 1430. The van der Waals surface area contributed by atoms with Gasteiger partial charge >= 0.3 is 0 Å². The maximum Gasteiger partial charge on any atom is 0.181 e. The number of likely N-dealkylation sites (tertiary alicyclic amines) is 1. The molecule has 226 valence electrons. The summed E-state index contributed by atoms with van der Waals surface area (Å²) < 4.78 is 28.4. The molecular weight excluding hydrogens is 547 g/mol. The summed E-state index contributed by atoms with van der Waals surface area (Å²) in [6.45, 7) is 8.28. The summed E-state index contributed by atoms with van der Waals surface area (Å²) in [7, 11) is -3.42. The molecule has 3 nitrogen and oxygen atoms in total. The zero-order chi connectivity index (χ0) is 30.1. The lowest BCUT2D eigenvalue weighted by Gasteiger charge is -2.48. The maximum atomic E-state index is 14.2. The largest absolute Gasteiger partial charge is 0.286 e. The van der Waals surface area contributed by atoms with Gasteiger partial charge in [-0.15, -0.1) is 0 Å². The van der Waals surface area contributed by atoms with E-state index in [1.165, 1.54) is 29.5 Å². The van der Waals surface area contributed by atoms with Gasteiger partial charge in [0.1, 0.15) is 0 Å². The average Bonchev–Trinajstić information content (AvgIpc) is 3.84. The molecule has 2 atom stereocenters. The fourth-order valence-electron chi connectivity index (χ4n) is 7.63. The van der Waals surface area contributed by atoms with Crippen LogP contribution in [0.1, 0.15) is 76.0 Å². The van der Waals surface area contributed by atoms with Crippen LogP contribution in [0.5, 0.6) is 0 Å². The second kappa shape index (κ2) is 12.2. The third-order valence-electron chi connectivity index (χ3n) is 9.84. The molecule has 2 unspecified atom stereocenters. The van der Waals surface area contributed by atoms with E-state index in [2.05, 4.69) is 129 Å². The van der Waals surface area contributed by atoms with E-state index in [1.807, 2.05) is 6.08 Å². The molecule has 0 bridgehead atoms. The lowest BCUT2D eigenvalue weighted by Crippen LogP contribution is -2.53. The van der Waals surface area contributed by atoms with Crippen LogP contribution in [0.25, 0.3) is 0 Å². The van der Waals surface area contributed by atoms with Gasteiger partial charge in [0.25, 0.3) is 0 Å². The first-order valence-corrected chi connectivity index (χ1v) is 17.8. The molecule has 3 aromatic carbocycles. The molecule has 0 radical (unpaired) electrons. The van der Waals surface area contributed by atoms with E-state index < -0.39 is 15.4 Å². The fourth-order valence-corrected chi connectivity index (χ4v) is 9.48. The van der Waals surface area contributed by atoms with Crippen molar-refractivity contribution in [3.63, 3.8) is 0 Å². The van der Waals surface area contributed by atoms with Crippen LogP contribution >= 0.6 is 0 Å². The summed E-state index contributed by atoms with van der Waals surface area (Å²) in [5.74, 6) is 1.51. The van der Waals surface area contributed by atoms with Gasteiger partial charge in [0.15, 0.2) is 9.84 Å². The van der Waals surface area contributed by atoms with Crippen LogP contribution in [0.4, 0.5) is 0 Å². The minimum Gasteiger partial charge on any atom is -0.286 e. The molecule has 0 amide bonds. The van der Waals surface area contributed by atoms with Crippen molar-refractivity contribution in [3.05, 3.63) is 131 Å². The highest BCUT2D eigenvalue weighted by Gasteiger charge is 2.45. The number of hydrogen-bond donors (Lipinski definition) is 0. The second-order valence-corrected chi connectivity index (χ2v) is 16.5. The second-order valence-electron chi connectivity index (χ2n) is 14.2. The average molecular weight is 594 g/mol. The third-order valence-corrected chi connectivity index (χ3v) is 12.1. The Morgan fingerprint density at radius 1 is 0.698 bits per heavy atom. The quantitative estimate of drug-likeness (QED) is 0.233. The molecule has 4 heteroatoms. The number of piperidine rings is 1. The predicted molar refractivity (Wildman–Crippen MR) is 178 cm³/mol. The van der Waals surface area contributed by atoms with Crippen molar-refractivity contribution in [1.82, 2.24) is 4.90 Å². The van der Waals surface area contributed by atoms with Gasteiger partial charge < -0.3 is 0 Å². The zero-order valence-electron chi connectivity index (χ0n) is 26.0. The minimum atomic E-state index is -3.42. The van der Waals surface area contributed by atoms with Gasteiger partial charge in [-0.2, -0.15) is 0 Å². The van der Waals surface area contributed by atoms with Crippen LogP contribution in [0.15, 0.2) is 114 Å². The summed E-state index contributed by atoms with van der Waals surface area (Å²) >= 11 is 0. The minimum absolute atomic E-state index is 0.219. The Morgan fingerprint density at radius 2 is 1.19 bits per heavy atom. The molecule has 0 spiro atoms. The van der Waals surface area contributed by atoms with E-state index in [9.17, 15) is 8.42 Å². The molecule has 2 fully saturated rings. The highest BCUT2D eigenvalue weighted by Crippen LogP contribution is 2.46. The molecule has 2 aliphatic carbocycles.